The number of benzene rings is 1. The molecule has 0 fully saturated rings. The van der Waals surface area contributed by atoms with Gasteiger partial charge in [-0.2, -0.15) is 4.98 Å². The number of aromatic nitrogens is 2. The van der Waals surface area contributed by atoms with Gasteiger partial charge in [-0.3, -0.25) is 0 Å². The second-order valence-corrected chi connectivity index (χ2v) is 4.22. The predicted molar refractivity (Wildman–Crippen MR) is 67.2 cm³/mol. The van der Waals surface area contributed by atoms with Gasteiger partial charge >= 0.3 is 0 Å². The van der Waals surface area contributed by atoms with Crippen molar-refractivity contribution in [2.24, 2.45) is 0 Å². The molecule has 0 radical (unpaired) electrons. The summed E-state index contributed by atoms with van der Waals surface area (Å²) in [7, 11) is 1.82. The highest BCUT2D eigenvalue weighted by atomic mass is 19.1. The lowest BCUT2D eigenvalue weighted by molar-refractivity contribution is 0.234. The smallest absolute Gasteiger partial charge is 0.264 e. The fraction of sp³-hybridized carbons (Fsp3) is 0.385. The van der Waals surface area contributed by atoms with Gasteiger partial charge in [-0.25, -0.2) is 4.39 Å². The van der Waals surface area contributed by atoms with Crippen molar-refractivity contribution in [2.45, 2.75) is 26.5 Å². The third kappa shape index (κ3) is 3.29. The van der Waals surface area contributed by atoms with Crippen LogP contribution in [0.1, 0.15) is 30.2 Å². The van der Waals surface area contributed by atoms with Crippen molar-refractivity contribution in [1.29, 1.82) is 0 Å². The summed E-state index contributed by atoms with van der Waals surface area (Å²) in [6, 6.07) is 4.96. The second kappa shape index (κ2) is 5.79. The van der Waals surface area contributed by atoms with Crippen molar-refractivity contribution in [3.8, 4) is 5.75 Å². The van der Waals surface area contributed by atoms with Crippen LogP contribution >= 0.6 is 0 Å². The molecule has 1 unspecified atom stereocenters. The van der Waals surface area contributed by atoms with E-state index in [2.05, 4.69) is 15.5 Å². The minimum absolute atomic E-state index is 0.0543. The molecule has 0 bridgehead atoms. The summed E-state index contributed by atoms with van der Waals surface area (Å²) in [5.41, 5.74) is 0.862. The van der Waals surface area contributed by atoms with Crippen LogP contribution in [0.5, 0.6) is 5.75 Å². The number of ether oxygens (including phenoxy) is 1. The van der Waals surface area contributed by atoms with Gasteiger partial charge in [0, 0.05) is 6.04 Å². The van der Waals surface area contributed by atoms with Crippen molar-refractivity contribution < 1.29 is 13.7 Å². The zero-order chi connectivity index (χ0) is 13.8. The molecule has 2 rings (SSSR count). The molecule has 19 heavy (non-hydrogen) atoms. The molecule has 2 aromatic rings. The SMILES string of the molecule is CNC(C)c1ccc(OCc2nc(C)no2)c(F)c1. The van der Waals surface area contributed by atoms with E-state index in [1.807, 2.05) is 20.0 Å². The summed E-state index contributed by atoms with van der Waals surface area (Å²) >= 11 is 0. The average Bonchev–Trinajstić information content (AvgIpc) is 2.82. The molecule has 0 saturated heterocycles. The molecular formula is C13H16FN3O2. The number of hydrogen-bond donors (Lipinski definition) is 1. The summed E-state index contributed by atoms with van der Waals surface area (Å²) in [6.45, 7) is 3.72. The molecular weight excluding hydrogens is 249 g/mol. The Bertz CT molecular complexity index is 557. The predicted octanol–water partition coefficient (Wildman–Crippen LogP) is 2.38. The molecule has 102 valence electrons. The Morgan fingerprint density at radius 3 is 2.84 bits per heavy atom. The standard InChI is InChI=1S/C13H16FN3O2/c1-8(15-3)10-4-5-12(11(14)6-10)18-7-13-16-9(2)17-19-13/h4-6,8,15H,7H2,1-3H3. The van der Waals surface area contributed by atoms with Crippen LogP contribution in [0.3, 0.4) is 0 Å². The van der Waals surface area contributed by atoms with E-state index < -0.39 is 5.82 Å². The highest BCUT2D eigenvalue weighted by Crippen LogP contribution is 2.22. The molecule has 0 aliphatic carbocycles. The van der Waals surface area contributed by atoms with Gasteiger partial charge in [0.2, 0.25) is 0 Å². The van der Waals surface area contributed by atoms with Crippen LogP contribution in [0.2, 0.25) is 0 Å². The average molecular weight is 265 g/mol. The molecule has 1 heterocycles. The van der Waals surface area contributed by atoms with E-state index in [1.165, 1.54) is 6.07 Å². The van der Waals surface area contributed by atoms with Gasteiger partial charge in [-0.05, 0) is 38.6 Å². The summed E-state index contributed by atoms with van der Waals surface area (Å²) in [6.07, 6.45) is 0. The highest BCUT2D eigenvalue weighted by Gasteiger charge is 2.10. The molecule has 0 amide bonds. The maximum absolute atomic E-state index is 13.8. The first kappa shape index (κ1) is 13.5. The largest absolute Gasteiger partial charge is 0.481 e. The number of aryl methyl sites for hydroxylation is 1. The molecule has 0 spiro atoms. The molecule has 6 heteroatoms. The van der Waals surface area contributed by atoms with Crippen molar-refractivity contribution in [1.82, 2.24) is 15.5 Å². The van der Waals surface area contributed by atoms with Gasteiger partial charge in [0.1, 0.15) is 0 Å². The third-order valence-corrected chi connectivity index (χ3v) is 2.81. The molecule has 1 aromatic heterocycles. The van der Waals surface area contributed by atoms with Crippen molar-refractivity contribution in [3.63, 3.8) is 0 Å². The van der Waals surface area contributed by atoms with E-state index >= 15 is 0 Å². The Balaban J connectivity index is 2.05. The molecule has 0 aliphatic rings. The number of halogens is 1. The third-order valence-electron chi connectivity index (χ3n) is 2.81. The minimum Gasteiger partial charge on any atom is -0.481 e. The second-order valence-electron chi connectivity index (χ2n) is 4.22. The summed E-state index contributed by atoms with van der Waals surface area (Å²) in [5.74, 6) is 0.612. The molecule has 1 aromatic carbocycles. The fourth-order valence-corrected chi connectivity index (χ4v) is 1.61. The molecule has 0 saturated carbocycles. The van der Waals surface area contributed by atoms with Gasteiger partial charge in [0.25, 0.3) is 5.89 Å². The van der Waals surface area contributed by atoms with Crippen molar-refractivity contribution in [3.05, 3.63) is 41.3 Å². The van der Waals surface area contributed by atoms with Crippen LogP contribution in [0.15, 0.2) is 22.7 Å². The van der Waals surface area contributed by atoms with E-state index in [0.717, 1.165) is 5.56 Å². The summed E-state index contributed by atoms with van der Waals surface area (Å²) < 4.78 is 24.0. The number of hydrogen-bond acceptors (Lipinski definition) is 5. The number of rotatable bonds is 5. The highest BCUT2D eigenvalue weighted by molar-refractivity contribution is 5.30. The Morgan fingerprint density at radius 2 is 2.26 bits per heavy atom. The fourth-order valence-electron chi connectivity index (χ4n) is 1.61. The lowest BCUT2D eigenvalue weighted by Gasteiger charge is -2.12. The van der Waals surface area contributed by atoms with Crippen LogP contribution in [0, 0.1) is 12.7 Å². The number of nitrogens with one attached hydrogen (secondary N) is 1. The normalized spacial score (nSPS) is 12.4. The minimum atomic E-state index is -0.407. The van der Waals surface area contributed by atoms with Crippen LogP contribution in [0.4, 0.5) is 4.39 Å². The van der Waals surface area contributed by atoms with Gasteiger partial charge in [-0.15, -0.1) is 0 Å². The Morgan fingerprint density at radius 1 is 1.47 bits per heavy atom. The molecule has 1 N–H and O–H groups in total. The van der Waals surface area contributed by atoms with E-state index in [1.54, 1.807) is 13.0 Å². The van der Waals surface area contributed by atoms with Gasteiger partial charge in [0.15, 0.2) is 24.0 Å². The van der Waals surface area contributed by atoms with Crippen LogP contribution in [-0.4, -0.2) is 17.2 Å². The Labute approximate surface area is 110 Å². The van der Waals surface area contributed by atoms with Gasteiger partial charge in [0.05, 0.1) is 0 Å². The lowest BCUT2D eigenvalue weighted by atomic mass is 10.1. The van der Waals surface area contributed by atoms with Crippen LogP contribution < -0.4 is 10.1 Å². The summed E-state index contributed by atoms with van der Waals surface area (Å²) in [5, 5.41) is 6.68. The van der Waals surface area contributed by atoms with Crippen molar-refractivity contribution >= 4 is 0 Å². The van der Waals surface area contributed by atoms with Crippen molar-refractivity contribution in [2.75, 3.05) is 7.05 Å². The van der Waals surface area contributed by atoms with Crippen LogP contribution in [-0.2, 0) is 6.61 Å². The maximum atomic E-state index is 13.8. The molecule has 1 atom stereocenters. The maximum Gasteiger partial charge on any atom is 0.264 e. The first-order valence-corrected chi connectivity index (χ1v) is 5.99. The zero-order valence-electron chi connectivity index (χ0n) is 11.1. The molecule has 5 nitrogen and oxygen atoms in total. The first-order valence-electron chi connectivity index (χ1n) is 5.99. The topological polar surface area (TPSA) is 60.2 Å². The summed E-state index contributed by atoms with van der Waals surface area (Å²) in [4.78, 5) is 3.98. The van der Waals surface area contributed by atoms with Gasteiger partial charge in [-0.1, -0.05) is 11.2 Å². The van der Waals surface area contributed by atoms with E-state index in [9.17, 15) is 4.39 Å². The zero-order valence-corrected chi connectivity index (χ0v) is 11.1. The van der Waals surface area contributed by atoms with Crippen LogP contribution in [0.25, 0.3) is 0 Å². The number of nitrogens with zero attached hydrogens (tertiary/aromatic N) is 2. The van der Waals surface area contributed by atoms with Gasteiger partial charge < -0.3 is 14.6 Å². The van der Waals surface area contributed by atoms with E-state index in [0.29, 0.717) is 11.7 Å². The van der Waals surface area contributed by atoms with E-state index in [4.69, 9.17) is 9.26 Å². The Kier molecular flexibility index (Phi) is 4.11. The first-order chi connectivity index (χ1) is 9.10. The monoisotopic (exact) mass is 265 g/mol. The Hall–Kier alpha value is -1.95. The lowest BCUT2D eigenvalue weighted by Crippen LogP contribution is -2.12. The quantitative estimate of drug-likeness (QED) is 0.899. The van der Waals surface area contributed by atoms with E-state index in [-0.39, 0.29) is 18.4 Å². The molecule has 0 aliphatic heterocycles.